The molecule has 5 nitrogen and oxygen atoms in total. The Morgan fingerprint density at radius 3 is 2.90 bits per heavy atom. The van der Waals surface area contributed by atoms with E-state index in [2.05, 4.69) is 31.1 Å². The van der Waals surface area contributed by atoms with Gasteiger partial charge in [0, 0.05) is 42.0 Å². The quantitative estimate of drug-likeness (QED) is 0.783. The molecule has 0 spiro atoms. The van der Waals surface area contributed by atoms with Crippen molar-refractivity contribution in [3.63, 3.8) is 0 Å². The van der Waals surface area contributed by atoms with Crippen molar-refractivity contribution >= 4 is 21.8 Å². The Balaban J connectivity index is 2.09. The number of aromatic nitrogens is 1. The smallest absolute Gasteiger partial charge is 0.244 e. The van der Waals surface area contributed by atoms with E-state index in [0.29, 0.717) is 24.5 Å². The normalized spacial score (nSPS) is 19.8. The van der Waals surface area contributed by atoms with Crippen LogP contribution in [-0.4, -0.2) is 47.8 Å². The van der Waals surface area contributed by atoms with Crippen LogP contribution < -0.4 is 5.32 Å². The van der Waals surface area contributed by atoms with Gasteiger partial charge in [-0.3, -0.25) is 0 Å². The molecule has 0 aliphatic carbocycles. The molecule has 21 heavy (non-hydrogen) atoms. The Labute approximate surface area is 131 Å². The number of sulfonamides is 1. The number of H-pyrrole nitrogens is 1. The van der Waals surface area contributed by atoms with Crippen molar-refractivity contribution in [2.24, 2.45) is 0 Å². The molecule has 0 bridgehead atoms. The summed E-state index contributed by atoms with van der Waals surface area (Å²) < 4.78 is 27.0. The number of hydrogen-bond acceptors (Lipinski definition) is 4. The molecule has 2 N–H and O–H groups in total. The Morgan fingerprint density at radius 2 is 2.24 bits per heavy atom. The number of nitrogens with zero attached hydrogens (tertiary/aromatic N) is 1. The highest BCUT2D eigenvalue weighted by Crippen LogP contribution is 2.32. The molecule has 0 amide bonds. The molecule has 0 saturated carbocycles. The van der Waals surface area contributed by atoms with Crippen LogP contribution in [0.3, 0.4) is 0 Å². The number of aromatic amines is 1. The van der Waals surface area contributed by atoms with Crippen LogP contribution >= 0.6 is 11.8 Å². The van der Waals surface area contributed by atoms with Gasteiger partial charge in [-0.25, -0.2) is 8.42 Å². The van der Waals surface area contributed by atoms with Crippen LogP contribution in [0.2, 0.25) is 0 Å². The molecule has 1 aromatic heterocycles. The fourth-order valence-electron chi connectivity index (χ4n) is 2.40. The zero-order valence-electron chi connectivity index (χ0n) is 13.0. The maximum atomic E-state index is 12.7. The largest absolute Gasteiger partial charge is 0.363 e. The van der Waals surface area contributed by atoms with E-state index in [1.807, 2.05) is 11.8 Å². The van der Waals surface area contributed by atoms with Crippen LogP contribution in [0.15, 0.2) is 17.2 Å². The first kappa shape index (κ1) is 16.9. The molecule has 1 aromatic rings. The molecule has 2 rings (SSSR count). The Hall–Kier alpha value is -0.500. The molecule has 120 valence electrons. The summed E-state index contributed by atoms with van der Waals surface area (Å²) in [6.45, 7) is 9.05. The van der Waals surface area contributed by atoms with Gasteiger partial charge in [-0.2, -0.15) is 16.1 Å². The van der Waals surface area contributed by atoms with E-state index in [9.17, 15) is 8.42 Å². The zero-order valence-corrected chi connectivity index (χ0v) is 14.6. The van der Waals surface area contributed by atoms with Gasteiger partial charge in [0.25, 0.3) is 0 Å². The van der Waals surface area contributed by atoms with Gasteiger partial charge in [0.05, 0.1) is 4.90 Å². The maximum absolute atomic E-state index is 12.7. The van der Waals surface area contributed by atoms with Crippen LogP contribution in [0.5, 0.6) is 0 Å². The molecular formula is C14H25N3O2S2. The fraction of sp³-hybridized carbons (Fsp3) is 0.714. The minimum Gasteiger partial charge on any atom is -0.363 e. The molecule has 2 heterocycles. The van der Waals surface area contributed by atoms with Gasteiger partial charge < -0.3 is 10.3 Å². The van der Waals surface area contributed by atoms with E-state index in [1.54, 1.807) is 16.6 Å². The minimum absolute atomic E-state index is 0.0207. The van der Waals surface area contributed by atoms with E-state index in [4.69, 9.17) is 0 Å². The topological polar surface area (TPSA) is 65.2 Å². The second-order valence-corrected chi connectivity index (χ2v) is 9.72. The highest BCUT2D eigenvalue weighted by molar-refractivity contribution is 8.00. The van der Waals surface area contributed by atoms with E-state index in [1.165, 1.54) is 0 Å². The van der Waals surface area contributed by atoms with Crippen molar-refractivity contribution in [2.75, 3.05) is 25.4 Å². The van der Waals surface area contributed by atoms with Crippen LogP contribution in [0.4, 0.5) is 0 Å². The van der Waals surface area contributed by atoms with E-state index in [0.717, 1.165) is 24.4 Å². The Bertz CT molecular complexity index is 567. The monoisotopic (exact) mass is 331 g/mol. The third kappa shape index (κ3) is 4.25. The fourth-order valence-corrected chi connectivity index (χ4v) is 5.33. The number of nitrogens with one attached hydrogen (secondary N) is 2. The average Bonchev–Trinajstić information content (AvgIpc) is 2.87. The van der Waals surface area contributed by atoms with Gasteiger partial charge in [-0.1, -0.05) is 6.92 Å². The molecule has 0 radical (unpaired) electrons. The number of hydrogen-bond donors (Lipinski definition) is 2. The molecule has 7 heteroatoms. The van der Waals surface area contributed by atoms with E-state index >= 15 is 0 Å². The van der Waals surface area contributed by atoms with Crippen LogP contribution in [0.1, 0.15) is 32.9 Å². The molecule has 1 fully saturated rings. The molecule has 1 saturated heterocycles. The lowest BCUT2D eigenvalue weighted by atomic mass is 10.2. The third-order valence-corrected chi connectivity index (χ3v) is 6.61. The second-order valence-electron chi connectivity index (χ2n) is 5.98. The minimum atomic E-state index is -3.38. The molecule has 1 aliphatic heterocycles. The first-order valence-corrected chi connectivity index (χ1v) is 9.80. The summed E-state index contributed by atoms with van der Waals surface area (Å²) in [6, 6.07) is 1.74. The predicted molar refractivity (Wildman–Crippen MR) is 88.1 cm³/mol. The van der Waals surface area contributed by atoms with E-state index < -0.39 is 10.0 Å². The number of thioether (sulfide) groups is 1. The zero-order chi connectivity index (χ0) is 15.5. The van der Waals surface area contributed by atoms with Gasteiger partial charge in [-0.05, 0) is 32.9 Å². The summed E-state index contributed by atoms with van der Waals surface area (Å²) >= 11 is 1.83. The van der Waals surface area contributed by atoms with Crippen LogP contribution in [0, 0.1) is 0 Å². The van der Waals surface area contributed by atoms with Crippen LogP contribution in [0.25, 0.3) is 0 Å². The van der Waals surface area contributed by atoms with Crippen molar-refractivity contribution in [3.8, 4) is 0 Å². The molecular weight excluding hydrogens is 306 g/mol. The van der Waals surface area contributed by atoms with Gasteiger partial charge >= 0.3 is 0 Å². The highest BCUT2D eigenvalue weighted by atomic mass is 32.2. The van der Waals surface area contributed by atoms with Crippen molar-refractivity contribution in [1.82, 2.24) is 14.6 Å². The summed E-state index contributed by atoms with van der Waals surface area (Å²) in [5.74, 6) is 0.849. The van der Waals surface area contributed by atoms with Crippen molar-refractivity contribution < 1.29 is 8.42 Å². The first-order valence-electron chi connectivity index (χ1n) is 7.37. The van der Waals surface area contributed by atoms with Gasteiger partial charge in [-0.15, -0.1) is 0 Å². The number of rotatable bonds is 6. The van der Waals surface area contributed by atoms with Gasteiger partial charge in [0.15, 0.2) is 0 Å². The molecule has 0 unspecified atom stereocenters. The standard InChI is InChI=1S/C14H25N3O2S2/c1-4-5-15-9-12-8-13(10-16-12)21(18,19)17-6-7-20-14(2,3)11-17/h8,10,15-16H,4-7,9,11H2,1-3H3. The highest BCUT2D eigenvalue weighted by Gasteiger charge is 2.34. The molecule has 1 aliphatic rings. The summed E-state index contributed by atoms with van der Waals surface area (Å²) in [5.41, 5.74) is 0.910. The first-order chi connectivity index (χ1) is 9.85. The molecule has 0 aromatic carbocycles. The maximum Gasteiger partial charge on any atom is 0.244 e. The molecule has 0 atom stereocenters. The van der Waals surface area contributed by atoms with Crippen molar-refractivity contribution in [1.29, 1.82) is 0 Å². The van der Waals surface area contributed by atoms with Gasteiger partial charge in [0.1, 0.15) is 0 Å². The second kappa shape index (κ2) is 6.73. The lowest BCUT2D eigenvalue weighted by Crippen LogP contribution is -2.45. The van der Waals surface area contributed by atoms with Crippen LogP contribution in [-0.2, 0) is 16.6 Å². The predicted octanol–water partition coefficient (Wildman–Crippen LogP) is 2.03. The average molecular weight is 332 g/mol. The Morgan fingerprint density at radius 1 is 1.48 bits per heavy atom. The van der Waals surface area contributed by atoms with Gasteiger partial charge in [0.2, 0.25) is 10.0 Å². The summed E-state index contributed by atoms with van der Waals surface area (Å²) in [4.78, 5) is 3.43. The lowest BCUT2D eigenvalue weighted by molar-refractivity contribution is 0.387. The summed E-state index contributed by atoms with van der Waals surface area (Å²) in [6.07, 6.45) is 2.67. The lowest BCUT2D eigenvalue weighted by Gasteiger charge is -2.36. The summed E-state index contributed by atoms with van der Waals surface area (Å²) in [7, 11) is -3.38. The third-order valence-electron chi connectivity index (χ3n) is 3.49. The SMILES string of the molecule is CCCNCc1cc(S(=O)(=O)N2CCSC(C)(C)C2)c[nH]1. The van der Waals surface area contributed by atoms with Crippen molar-refractivity contribution in [2.45, 2.75) is 43.4 Å². The van der Waals surface area contributed by atoms with Crippen molar-refractivity contribution in [3.05, 3.63) is 18.0 Å². The summed E-state index contributed by atoms with van der Waals surface area (Å²) in [5, 5.41) is 3.27. The van der Waals surface area contributed by atoms with E-state index in [-0.39, 0.29) is 4.75 Å². The Kier molecular flexibility index (Phi) is 5.40.